The van der Waals surface area contributed by atoms with E-state index in [-0.39, 0.29) is 56.9 Å². The van der Waals surface area contributed by atoms with E-state index in [9.17, 15) is 35.9 Å². The molecule has 0 amide bonds. The first-order valence-corrected chi connectivity index (χ1v) is 9.59. The van der Waals surface area contributed by atoms with Crippen molar-refractivity contribution in [1.82, 2.24) is 0 Å². The van der Waals surface area contributed by atoms with Gasteiger partial charge in [-0.2, -0.15) is 26.3 Å². The van der Waals surface area contributed by atoms with Crippen molar-refractivity contribution in [3.8, 4) is 0 Å². The molecule has 29 heavy (non-hydrogen) atoms. The monoisotopic (exact) mass is 430 g/mol. The third-order valence-electron chi connectivity index (χ3n) is 5.49. The molecule has 2 saturated carbocycles. The third kappa shape index (κ3) is 7.22. The van der Waals surface area contributed by atoms with Crippen molar-refractivity contribution in [2.24, 2.45) is 11.8 Å². The molecule has 0 bridgehead atoms. The summed E-state index contributed by atoms with van der Waals surface area (Å²) in [5.74, 6) is -4.46. The highest BCUT2D eigenvalue weighted by atomic mass is 19.4. The minimum absolute atomic E-state index is 0.0723. The topological polar surface area (TPSA) is 52.6 Å². The van der Waals surface area contributed by atoms with Gasteiger partial charge in [-0.15, -0.1) is 0 Å². The first-order chi connectivity index (χ1) is 13.4. The zero-order chi connectivity index (χ0) is 21.8. The molecule has 0 saturated heterocycles. The maximum atomic E-state index is 12.7. The lowest BCUT2D eigenvalue weighted by Crippen LogP contribution is -2.32. The molecule has 4 nitrogen and oxygen atoms in total. The first-order valence-electron chi connectivity index (χ1n) is 9.59. The number of hydrogen-bond acceptors (Lipinski definition) is 4. The van der Waals surface area contributed by atoms with Crippen LogP contribution in [0.2, 0.25) is 0 Å². The zero-order valence-corrected chi connectivity index (χ0v) is 15.9. The number of carbonyl (C=O) groups excluding carboxylic acids is 2. The van der Waals surface area contributed by atoms with Crippen molar-refractivity contribution in [1.29, 1.82) is 0 Å². The molecule has 2 fully saturated rings. The first kappa shape index (κ1) is 23.5. The lowest BCUT2D eigenvalue weighted by Gasteiger charge is -2.29. The van der Waals surface area contributed by atoms with Crippen molar-refractivity contribution in [3.63, 3.8) is 0 Å². The van der Waals surface area contributed by atoms with Gasteiger partial charge in [0.1, 0.15) is 12.2 Å². The van der Waals surface area contributed by atoms with Crippen LogP contribution in [-0.2, 0) is 19.1 Å². The molecule has 2 aliphatic rings. The van der Waals surface area contributed by atoms with Crippen molar-refractivity contribution < 1.29 is 45.4 Å². The van der Waals surface area contributed by atoms with Crippen LogP contribution in [0.25, 0.3) is 0 Å². The van der Waals surface area contributed by atoms with Crippen molar-refractivity contribution >= 4 is 11.9 Å². The van der Waals surface area contributed by atoms with Gasteiger partial charge in [0, 0.05) is 11.6 Å². The average Bonchev–Trinajstić information content (AvgIpc) is 2.61. The highest BCUT2D eigenvalue weighted by Crippen LogP contribution is 2.39. The second-order valence-corrected chi connectivity index (χ2v) is 7.70. The molecule has 0 aromatic rings. The predicted molar refractivity (Wildman–Crippen MR) is 89.5 cm³/mol. The van der Waals surface area contributed by atoms with Crippen LogP contribution in [-0.4, -0.2) is 36.5 Å². The van der Waals surface area contributed by atoms with E-state index < -0.39 is 48.3 Å². The van der Waals surface area contributed by atoms with Gasteiger partial charge < -0.3 is 9.47 Å². The van der Waals surface area contributed by atoms with Crippen LogP contribution < -0.4 is 0 Å². The van der Waals surface area contributed by atoms with E-state index in [1.54, 1.807) is 0 Å². The fourth-order valence-electron chi connectivity index (χ4n) is 3.69. The normalized spacial score (nSPS) is 29.3. The Hall–Kier alpha value is -1.74. The lowest BCUT2D eigenvalue weighted by molar-refractivity contribution is -0.189. The fourth-order valence-corrected chi connectivity index (χ4v) is 3.69. The molecule has 0 spiro atoms. The van der Waals surface area contributed by atoms with Gasteiger partial charge in [0.05, 0.1) is 11.8 Å². The Bertz CT molecular complexity index is 609. The fraction of sp³-hybridized carbons (Fsp3) is 0.789. The molecule has 0 aliphatic heterocycles. The van der Waals surface area contributed by atoms with Crippen LogP contribution in [0.4, 0.5) is 26.3 Å². The van der Waals surface area contributed by atoms with Gasteiger partial charge >= 0.3 is 24.3 Å². The van der Waals surface area contributed by atoms with Crippen molar-refractivity contribution in [2.75, 3.05) is 0 Å². The Kier molecular flexibility index (Phi) is 7.62. The van der Waals surface area contributed by atoms with Gasteiger partial charge in [0.2, 0.25) is 0 Å². The van der Waals surface area contributed by atoms with E-state index in [1.807, 2.05) is 0 Å². The van der Waals surface area contributed by atoms with E-state index in [2.05, 4.69) is 0 Å². The van der Waals surface area contributed by atoms with Crippen LogP contribution in [0.15, 0.2) is 11.6 Å². The molecular formula is C19H24F6O4. The Morgan fingerprint density at radius 1 is 0.724 bits per heavy atom. The summed E-state index contributed by atoms with van der Waals surface area (Å²) in [4.78, 5) is 23.9. The summed E-state index contributed by atoms with van der Waals surface area (Å²) >= 11 is 0. The summed E-state index contributed by atoms with van der Waals surface area (Å²) < 4.78 is 86.1. The second kappa shape index (κ2) is 9.38. The van der Waals surface area contributed by atoms with E-state index in [1.165, 1.54) is 6.92 Å². The van der Waals surface area contributed by atoms with Crippen LogP contribution in [0.3, 0.4) is 0 Å². The van der Waals surface area contributed by atoms with Crippen LogP contribution in [0.1, 0.15) is 58.3 Å². The molecule has 0 N–H and O–H groups in total. The van der Waals surface area contributed by atoms with E-state index >= 15 is 0 Å². The maximum Gasteiger partial charge on any atom is 0.391 e. The standard InChI is InChI=1S/C19H24F6O4/c1-11(17(27)29-15-8-4-13(5-9-15)19(23,24)25)10-16(26)28-14-6-2-12(3-7-14)18(20,21)22/h10,12-15H,2-9H2,1H3/b11-10-. The SMILES string of the molecule is C/C(=C/C(=O)OC1CCC(C(F)(F)F)CC1)C(=O)OC1CCC(C(F)(F)F)CC1. The number of carbonyl (C=O) groups is 2. The van der Waals surface area contributed by atoms with Gasteiger partial charge in [-0.3, -0.25) is 0 Å². The summed E-state index contributed by atoms with van der Waals surface area (Å²) in [5.41, 5.74) is -0.0723. The number of esters is 2. The highest BCUT2D eigenvalue weighted by molar-refractivity contribution is 5.95. The van der Waals surface area contributed by atoms with Gasteiger partial charge in [-0.1, -0.05) is 0 Å². The Labute approximate surface area is 164 Å². The molecule has 0 aromatic carbocycles. The molecule has 0 unspecified atom stereocenters. The molecule has 0 aromatic heterocycles. The van der Waals surface area contributed by atoms with Crippen LogP contribution >= 0.6 is 0 Å². The average molecular weight is 430 g/mol. The van der Waals surface area contributed by atoms with Crippen LogP contribution in [0.5, 0.6) is 0 Å². The maximum absolute atomic E-state index is 12.7. The lowest BCUT2D eigenvalue weighted by atomic mass is 9.87. The molecule has 0 heterocycles. The minimum Gasteiger partial charge on any atom is -0.459 e. The summed E-state index contributed by atoms with van der Waals surface area (Å²) in [6, 6.07) is 0. The molecule has 166 valence electrons. The Morgan fingerprint density at radius 3 is 1.48 bits per heavy atom. The smallest absolute Gasteiger partial charge is 0.391 e. The second-order valence-electron chi connectivity index (χ2n) is 7.70. The van der Waals surface area contributed by atoms with Gasteiger partial charge in [-0.05, 0) is 58.3 Å². The molecule has 2 aliphatic carbocycles. The summed E-state index contributed by atoms with van der Waals surface area (Å²) in [6.07, 6.45) is -8.99. The van der Waals surface area contributed by atoms with E-state index in [0.717, 1.165) is 6.08 Å². The number of alkyl halides is 6. The summed E-state index contributed by atoms with van der Waals surface area (Å²) in [5, 5.41) is 0. The quantitative estimate of drug-likeness (QED) is 0.347. The van der Waals surface area contributed by atoms with Crippen LogP contribution in [0, 0.1) is 11.8 Å². The third-order valence-corrected chi connectivity index (χ3v) is 5.49. The minimum atomic E-state index is -4.26. The number of rotatable bonds is 4. The Balaban J connectivity index is 1.76. The Morgan fingerprint density at radius 2 is 1.10 bits per heavy atom. The van der Waals surface area contributed by atoms with Crippen molar-refractivity contribution in [2.45, 2.75) is 82.9 Å². The predicted octanol–water partition coefficient (Wildman–Crippen LogP) is 5.26. The van der Waals surface area contributed by atoms with E-state index in [0.29, 0.717) is 0 Å². The number of hydrogen-bond donors (Lipinski definition) is 0. The number of halogens is 6. The van der Waals surface area contributed by atoms with Crippen molar-refractivity contribution in [3.05, 3.63) is 11.6 Å². The molecule has 10 heteroatoms. The molecule has 0 atom stereocenters. The molecule has 2 rings (SSSR count). The zero-order valence-electron chi connectivity index (χ0n) is 15.9. The summed E-state index contributed by atoms with van der Waals surface area (Å²) in [7, 11) is 0. The molecular weight excluding hydrogens is 406 g/mol. The highest BCUT2D eigenvalue weighted by Gasteiger charge is 2.43. The van der Waals surface area contributed by atoms with Gasteiger partial charge in [0.25, 0.3) is 0 Å². The summed E-state index contributed by atoms with van der Waals surface area (Å²) in [6.45, 7) is 1.31. The van der Waals surface area contributed by atoms with Gasteiger partial charge in [-0.25, -0.2) is 9.59 Å². The van der Waals surface area contributed by atoms with Gasteiger partial charge in [0.15, 0.2) is 0 Å². The van der Waals surface area contributed by atoms with E-state index in [4.69, 9.17) is 9.47 Å². The largest absolute Gasteiger partial charge is 0.459 e. The number of ether oxygens (including phenoxy) is 2. The molecule has 0 radical (unpaired) electrons.